The summed E-state index contributed by atoms with van der Waals surface area (Å²) in [7, 11) is 0. The molecule has 0 spiro atoms. The first-order chi connectivity index (χ1) is 8.18. The van der Waals surface area contributed by atoms with Gasteiger partial charge in [-0.2, -0.15) is 0 Å². The summed E-state index contributed by atoms with van der Waals surface area (Å²) in [5, 5.41) is 2.06. The number of aliphatic imine (C=N–C) groups is 1. The Morgan fingerprint density at radius 2 is 1.94 bits per heavy atom. The standard InChI is InChI=1S/C15H15NS/c1-11(2)15(14-9-6-10-17-14)16-13-8-5-4-7-12(13)3/h4-10H,1H2,2-3H3/b16-15+. The van der Waals surface area contributed by atoms with Crippen molar-refractivity contribution in [3.05, 3.63) is 64.4 Å². The van der Waals surface area contributed by atoms with Gasteiger partial charge < -0.3 is 0 Å². The first kappa shape index (κ1) is 11.8. The van der Waals surface area contributed by atoms with Crippen molar-refractivity contribution in [1.29, 1.82) is 0 Å². The van der Waals surface area contributed by atoms with Gasteiger partial charge in [0.2, 0.25) is 0 Å². The summed E-state index contributed by atoms with van der Waals surface area (Å²) in [5.41, 5.74) is 4.17. The van der Waals surface area contributed by atoms with E-state index in [1.807, 2.05) is 31.2 Å². The molecule has 1 aromatic heterocycles. The second-order valence-corrected chi connectivity index (χ2v) is 4.95. The van der Waals surface area contributed by atoms with E-state index in [2.05, 4.69) is 31.0 Å². The van der Waals surface area contributed by atoms with Crippen LogP contribution in [-0.2, 0) is 0 Å². The van der Waals surface area contributed by atoms with E-state index in [9.17, 15) is 0 Å². The molecule has 0 aliphatic carbocycles. The molecule has 86 valence electrons. The lowest BCUT2D eigenvalue weighted by molar-refractivity contribution is 1.39. The molecule has 0 saturated heterocycles. The Morgan fingerprint density at radius 1 is 1.18 bits per heavy atom. The lowest BCUT2D eigenvalue weighted by Crippen LogP contribution is -1.98. The van der Waals surface area contributed by atoms with Gasteiger partial charge in [0.1, 0.15) is 0 Å². The third-order valence-corrected chi connectivity index (χ3v) is 3.38. The second kappa shape index (κ2) is 5.11. The summed E-state index contributed by atoms with van der Waals surface area (Å²) in [5.74, 6) is 0. The minimum atomic E-state index is 0.981. The Morgan fingerprint density at radius 3 is 2.53 bits per heavy atom. The van der Waals surface area contributed by atoms with Crippen molar-refractivity contribution in [2.75, 3.05) is 0 Å². The monoisotopic (exact) mass is 241 g/mol. The van der Waals surface area contributed by atoms with Crippen LogP contribution in [0.15, 0.2) is 58.9 Å². The van der Waals surface area contributed by atoms with Crippen LogP contribution in [0.3, 0.4) is 0 Å². The summed E-state index contributed by atoms with van der Waals surface area (Å²) in [4.78, 5) is 5.90. The van der Waals surface area contributed by atoms with Gasteiger partial charge in [0.05, 0.1) is 16.3 Å². The highest BCUT2D eigenvalue weighted by Crippen LogP contribution is 2.22. The van der Waals surface area contributed by atoms with E-state index in [4.69, 9.17) is 4.99 Å². The van der Waals surface area contributed by atoms with Crippen molar-refractivity contribution in [3.8, 4) is 0 Å². The molecule has 2 heteroatoms. The van der Waals surface area contributed by atoms with Crippen molar-refractivity contribution in [3.63, 3.8) is 0 Å². The van der Waals surface area contributed by atoms with Gasteiger partial charge in [-0.25, -0.2) is 4.99 Å². The Balaban J connectivity index is 2.48. The van der Waals surface area contributed by atoms with Crippen LogP contribution in [0, 0.1) is 6.92 Å². The third kappa shape index (κ3) is 2.71. The number of allylic oxidation sites excluding steroid dienone is 1. The molecule has 0 radical (unpaired) electrons. The van der Waals surface area contributed by atoms with Crippen LogP contribution in [0.4, 0.5) is 5.69 Å². The van der Waals surface area contributed by atoms with E-state index in [1.165, 1.54) is 10.4 Å². The zero-order valence-corrected chi connectivity index (χ0v) is 10.9. The average Bonchev–Trinajstić information content (AvgIpc) is 2.81. The van der Waals surface area contributed by atoms with E-state index in [1.54, 1.807) is 11.3 Å². The van der Waals surface area contributed by atoms with Crippen molar-refractivity contribution in [1.82, 2.24) is 0 Å². The molecule has 0 aliphatic rings. The van der Waals surface area contributed by atoms with Crippen LogP contribution in [-0.4, -0.2) is 5.71 Å². The predicted octanol–water partition coefficient (Wildman–Crippen LogP) is 4.75. The van der Waals surface area contributed by atoms with Gasteiger partial charge in [0.25, 0.3) is 0 Å². The van der Waals surface area contributed by atoms with Crippen molar-refractivity contribution in [2.24, 2.45) is 4.99 Å². The van der Waals surface area contributed by atoms with Crippen LogP contribution in [0.25, 0.3) is 0 Å². The minimum absolute atomic E-state index is 0.981. The van der Waals surface area contributed by atoms with Crippen molar-refractivity contribution < 1.29 is 0 Å². The number of benzene rings is 1. The topological polar surface area (TPSA) is 12.4 Å². The number of rotatable bonds is 3. The van der Waals surface area contributed by atoms with E-state index in [0.29, 0.717) is 0 Å². The molecule has 0 fully saturated rings. The Kier molecular flexibility index (Phi) is 3.55. The molecule has 0 unspecified atom stereocenters. The number of hydrogen-bond donors (Lipinski definition) is 0. The fourth-order valence-electron chi connectivity index (χ4n) is 1.58. The lowest BCUT2D eigenvalue weighted by Gasteiger charge is -2.05. The fourth-order valence-corrected chi connectivity index (χ4v) is 2.38. The van der Waals surface area contributed by atoms with Gasteiger partial charge in [-0.1, -0.05) is 30.8 Å². The highest BCUT2D eigenvalue weighted by atomic mass is 32.1. The molecule has 0 atom stereocenters. The minimum Gasteiger partial charge on any atom is -0.247 e. The zero-order chi connectivity index (χ0) is 12.3. The summed E-state index contributed by atoms with van der Waals surface area (Å²) in [6.07, 6.45) is 0. The van der Waals surface area contributed by atoms with E-state index >= 15 is 0 Å². The second-order valence-electron chi connectivity index (χ2n) is 4.00. The molecule has 0 saturated carbocycles. The van der Waals surface area contributed by atoms with Gasteiger partial charge in [0, 0.05) is 0 Å². The lowest BCUT2D eigenvalue weighted by atomic mass is 10.1. The van der Waals surface area contributed by atoms with Crippen LogP contribution >= 0.6 is 11.3 Å². The number of aryl methyl sites for hydroxylation is 1. The summed E-state index contributed by atoms with van der Waals surface area (Å²) >= 11 is 1.69. The molecule has 0 amide bonds. The van der Waals surface area contributed by atoms with Crippen molar-refractivity contribution >= 4 is 22.7 Å². The molecule has 2 aromatic rings. The summed E-state index contributed by atoms with van der Waals surface area (Å²) in [6, 6.07) is 12.3. The number of para-hydroxylation sites is 1. The van der Waals surface area contributed by atoms with Crippen LogP contribution < -0.4 is 0 Å². The molecule has 0 N–H and O–H groups in total. The van der Waals surface area contributed by atoms with E-state index in [0.717, 1.165) is 17.0 Å². The predicted molar refractivity (Wildman–Crippen MR) is 76.5 cm³/mol. The van der Waals surface area contributed by atoms with Crippen LogP contribution in [0.1, 0.15) is 17.4 Å². The molecular formula is C15H15NS. The Labute approximate surface area is 106 Å². The first-order valence-corrected chi connectivity index (χ1v) is 6.40. The van der Waals surface area contributed by atoms with Crippen LogP contribution in [0.2, 0.25) is 0 Å². The van der Waals surface area contributed by atoms with Gasteiger partial charge in [-0.15, -0.1) is 11.3 Å². The van der Waals surface area contributed by atoms with Gasteiger partial charge in [-0.05, 0) is 42.5 Å². The largest absolute Gasteiger partial charge is 0.247 e. The third-order valence-electron chi connectivity index (χ3n) is 2.51. The molecule has 1 nitrogen and oxygen atoms in total. The van der Waals surface area contributed by atoms with Gasteiger partial charge in [-0.3, -0.25) is 0 Å². The molecule has 1 heterocycles. The number of hydrogen-bond acceptors (Lipinski definition) is 2. The maximum atomic E-state index is 4.73. The quantitative estimate of drug-likeness (QED) is 0.687. The molecule has 17 heavy (non-hydrogen) atoms. The van der Waals surface area contributed by atoms with Crippen molar-refractivity contribution in [2.45, 2.75) is 13.8 Å². The zero-order valence-electron chi connectivity index (χ0n) is 10.1. The molecule has 0 bridgehead atoms. The maximum absolute atomic E-state index is 4.73. The normalized spacial score (nSPS) is 11.5. The molecule has 1 aromatic carbocycles. The summed E-state index contributed by atoms with van der Waals surface area (Å²) in [6.45, 7) is 8.08. The van der Waals surface area contributed by atoms with E-state index < -0.39 is 0 Å². The molecule has 2 rings (SSSR count). The highest BCUT2D eigenvalue weighted by Gasteiger charge is 2.06. The first-order valence-electron chi connectivity index (χ1n) is 5.52. The SMILES string of the molecule is C=C(C)/C(=N\c1ccccc1C)c1cccs1. The fraction of sp³-hybridized carbons (Fsp3) is 0.133. The number of thiophene rings is 1. The number of nitrogens with zero attached hydrogens (tertiary/aromatic N) is 1. The van der Waals surface area contributed by atoms with Gasteiger partial charge >= 0.3 is 0 Å². The maximum Gasteiger partial charge on any atom is 0.0832 e. The molecular weight excluding hydrogens is 226 g/mol. The average molecular weight is 241 g/mol. The molecule has 0 aliphatic heterocycles. The Bertz CT molecular complexity index is 550. The van der Waals surface area contributed by atoms with Crippen LogP contribution in [0.5, 0.6) is 0 Å². The summed E-state index contributed by atoms with van der Waals surface area (Å²) < 4.78 is 0. The Hall–Kier alpha value is -1.67. The van der Waals surface area contributed by atoms with Gasteiger partial charge in [0.15, 0.2) is 0 Å². The highest BCUT2D eigenvalue weighted by molar-refractivity contribution is 7.12. The smallest absolute Gasteiger partial charge is 0.0832 e. The van der Waals surface area contributed by atoms with E-state index in [-0.39, 0.29) is 0 Å².